The van der Waals surface area contributed by atoms with Crippen LogP contribution in [0.4, 0.5) is 0 Å². The van der Waals surface area contributed by atoms with Crippen LogP contribution in [0.3, 0.4) is 0 Å². The van der Waals surface area contributed by atoms with Gasteiger partial charge in [0.05, 0.1) is 11.3 Å². The maximum absolute atomic E-state index is 8.99. The third-order valence-electron chi connectivity index (χ3n) is 2.10. The van der Waals surface area contributed by atoms with Crippen LogP contribution in [0.2, 0.25) is 0 Å². The van der Waals surface area contributed by atoms with Crippen molar-refractivity contribution < 1.29 is 10.0 Å². The third-order valence-corrected chi connectivity index (χ3v) is 2.10. The van der Waals surface area contributed by atoms with Gasteiger partial charge in [0.2, 0.25) is 0 Å². The Morgan fingerprint density at radius 1 is 0.867 bits per heavy atom. The highest BCUT2D eigenvalue weighted by molar-refractivity contribution is 6.57. The minimum Gasteiger partial charge on any atom is -0.422 e. The lowest BCUT2D eigenvalue weighted by Crippen LogP contribution is -2.32. The summed E-state index contributed by atoms with van der Waals surface area (Å²) in [7, 11) is -1.52. The van der Waals surface area contributed by atoms with E-state index in [0.29, 0.717) is 0 Å². The molecule has 0 aliphatic rings. The Bertz CT molecular complexity index is 445. The quantitative estimate of drug-likeness (QED) is 0.689. The molecule has 3 nitrogen and oxygen atoms in total. The van der Waals surface area contributed by atoms with Crippen molar-refractivity contribution in [3.05, 3.63) is 48.5 Å². The second-order valence-corrected chi connectivity index (χ2v) is 3.19. The van der Waals surface area contributed by atoms with Crippen LogP contribution < -0.4 is 5.59 Å². The van der Waals surface area contributed by atoms with Crippen LogP contribution in [0, 0.1) is 0 Å². The van der Waals surface area contributed by atoms with Crippen LogP contribution in [0.1, 0.15) is 0 Å². The highest BCUT2D eigenvalue weighted by Gasteiger charge is 2.12. The first kappa shape index (κ1) is 9.89. The Kier molecular flexibility index (Phi) is 2.80. The summed E-state index contributed by atoms with van der Waals surface area (Å²) in [6.45, 7) is 0. The number of nitrogens with zero attached hydrogens (tertiary/aromatic N) is 1. The molecule has 0 aliphatic heterocycles. The molecule has 1 aromatic heterocycles. The van der Waals surface area contributed by atoms with E-state index >= 15 is 0 Å². The van der Waals surface area contributed by atoms with Crippen molar-refractivity contribution in [1.29, 1.82) is 0 Å². The molecule has 15 heavy (non-hydrogen) atoms. The van der Waals surface area contributed by atoms with Crippen molar-refractivity contribution in [1.82, 2.24) is 4.98 Å². The van der Waals surface area contributed by atoms with Crippen molar-refractivity contribution >= 4 is 12.7 Å². The van der Waals surface area contributed by atoms with Crippen LogP contribution in [0.25, 0.3) is 11.3 Å². The summed E-state index contributed by atoms with van der Waals surface area (Å²) in [6.07, 6.45) is 0. The van der Waals surface area contributed by atoms with Gasteiger partial charge in [0, 0.05) is 5.56 Å². The number of benzene rings is 1. The second-order valence-electron chi connectivity index (χ2n) is 3.19. The van der Waals surface area contributed by atoms with Crippen LogP contribution in [0.5, 0.6) is 0 Å². The summed E-state index contributed by atoms with van der Waals surface area (Å²) in [5.74, 6) is 0. The van der Waals surface area contributed by atoms with Crippen LogP contribution in [-0.4, -0.2) is 22.2 Å². The van der Waals surface area contributed by atoms with Crippen molar-refractivity contribution in [2.45, 2.75) is 0 Å². The SMILES string of the molecule is OB(O)c1cccc(-c2ccccc2)n1. The summed E-state index contributed by atoms with van der Waals surface area (Å²) in [4.78, 5) is 4.14. The second kappa shape index (κ2) is 4.25. The van der Waals surface area contributed by atoms with Gasteiger partial charge in [-0.15, -0.1) is 0 Å². The van der Waals surface area contributed by atoms with E-state index in [1.54, 1.807) is 12.1 Å². The number of aromatic nitrogens is 1. The fraction of sp³-hybridized carbons (Fsp3) is 0. The van der Waals surface area contributed by atoms with E-state index < -0.39 is 7.12 Å². The molecule has 2 N–H and O–H groups in total. The van der Waals surface area contributed by atoms with Gasteiger partial charge in [0.1, 0.15) is 0 Å². The molecule has 0 spiro atoms. The molecular weight excluding hydrogens is 189 g/mol. The van der Waals surface area contributed by atoms with Gasteiger partial charge in [-0.1, -0.05) is 36.4 Å². The van der Waals surface area contributed by atoms with E-state index in [9.17, 15) is 0 Å². The summed E-state index contributed by atoms with van der Waals surface area (Å²) in [5, 5.41) is 18.0. The maximum atomic E-state index is 8.99. The minimum absolute atomic E-state index is 0.261. The molecule has 0 radical (unpaired) electrons. The molecule has 0 fully saturated rings. The van der Waals surface area contributed by atoms with Crippen molar-refractivity contribution in [3.8, 4) is 11.3 Å². The van der Waals surface area contributed by atoms with Crippen molar-refractivity contribution in [2.75, 3.05) is 0 Å². The van der Waals surface area contributed by atoms with Crippen LogP contribution in [0.15, 0.2) is 48.5 Å². The Morgan fingerprint density at radius 2 is 1.60 bits per heavy atom. The third kappa shape index (κ3) is 2.23. The molecule has 0 bridgehead atoms. The molecule has 4 heteroatoms. The van der Waals surface area contributed by atoms with Gasteiger partial charge in [0.25, 0.3) is 0 Å². The van der Waals surface area contributed by atoms with Gasteiger partial charge in [-0.05, 0) is 12.1 Å². The van der Waals surface area contributed by atoms with E-state index in [-0.39, 0.29) is 5.59 Å². The molecule has 2 rings (SSSR count). The van der Waals surface area contributed by atoms with Gasteiger partial charge in [-0.3, -0.25) is 4.98 Å². The first-order valence-corrected chi connectivity index (χ1v) is 4.66. The van der Waals surface area contributed by atoms with E-state index in [0.717, 1.165) is 11.3 Å². The molecular formula is C11H10BNO2. The Morgan fingerprint density at radius 3 is 2.27 bits per heavy atom. The number of pyridine rings is 1. The summed E-state index contributed by atoms with van der Waals surface area (Å²) < 4.78 is 0. The zero-order valence-electron chi connectivity index (χ0n) is 8.04. The van der Waals surface area contributed by atoms with Crippen LogP contribution in [-0.2, 0) is 0 Å². The van der Waals surface area contributed by atoms with Gasteiger partial charge < -0.3 is 10.0 Å². The highest BCUT2D eigenvalue weighted by atomic mass is 16.4. The number of hydrogen-bond acceptors (Lipinski definition) is 3. The largest absolute Gasteiger partial charge is 0.508 e. The lowest BCUT2D eigenvalue weighted by atomic mass is 9.85. The normalized spacial score (nSPS) is 10.0. The molecule has 1 heterocycles. The van der Waals surface area contributed by atoms with Gasteiger partial charge >= 0.3 is 7.12 Å². The molecule has 2 aromatic rings. The number of rotatable bonds is 2. The molecule has 0 unspecified atom stereocenters. The predicted molar refractivity (Wildman–Crippen MR) is 59.5 cm³/mol. The predicted octanol–water partition coefficient (Wildman–Crippen LogP) is 0.428. The zero-order chi connectivity index (χ0) is 10.7. The number of hydrogen-bond donors (Lipinski definition) is 2. The molecule has 1 aromatic carbocycles. The molecule has 0 amide bonds. The van der Waals surface area contributed by atoms with Gasteiger partial charge in [-0.25, -0.2) is 0 Å². The lowest BCUT2D eigenvalue weighted by Gasteiger charge is -2.03. The Hall–Kier alpha value is -1.65. The van der Waals surface area contributed by atoms with E-state index in [1.165, 1.54) is 0 Å². The Labute approximate surface area is 88.2 Å². The fourth-order valence-electron chi connectivity index (χ4n) is 1.36. The van der Waals surface area contributed by atoms with Crippen molar-refractivity contribution in [2.24, 2.45) is 0 Å². The lowest BCUT2D eigenvalue weighted by molar-refractivity contribution is 0.424. The topological polar surface area (TPSA) is 53.4 Å². The molecule has 0 aliphatic carbocycles. The van der Waals surface area contributed by atoms with E-state index in [4.69, 9.17) is 10.0 Å². The monoisotopic (exact) mass is 199 g/mol. The average Bonchev–Trinajstić information content (AvgIpc) is 2.30. The molecule has 0 saturated carbocycles. The standard InChI is InChI=1S/C11H10BNO2/c14-12(15)11-8-4-7-10(13-11)9-5-2-1-3-6-9/h1-8,14-15H. The molecule has 74 valence electrons. The highest BCUT2D eigenvalue weighted by Crippen LogP contribution is 2.14. The smallest absolute Gasteiger partial charge is 0.422 e. The Balaban J connectivity index is 2.42. The van der Waals surface area contributed by atoms with Crippen LogP contribution >= 0.6 is 0 Å². The van der Waals surface area contributed by atoms with Gasteiger partial charge in [0.15, 0.2) is 0 Å². The van der Waals surface area contributed by atoms with E-state index in [1.807, 2.05) is 36.4 Å². The molecule has 0 atom stereocenters. The summed E-state index contributed by atoms with van der Waals surface area (Å²) >= 11 is 0. The summed E-state index contributed by atoms with van der Waals surface area (Å²) in [6, 6.07) is 14.8. The fourth-order valence-corrected chi connectivity index (χ4v) is 1.36. The van der Waals surface area contributed by atoms with Gasteiger partial charge in [-0.2, -0.15) is 0 Å². The average molecular weight is 199 g/mol. The molecule has 0 saturated heterocycles. The first-order chi connectivity index (χ1) is 7.27. The minimum atomic E-state index is -1.52. The zero-order valence-corrected chi connectivity index (χ0v) is 8.04. The van der Waals surface area contributed by atoms with E-state index in [2.05, 4.69) is 4.98 Å². The first-order valence-electron chi connectivity index (χ1n) is 4.66. The maximum Gasteiger partial charge on any atom is 0.508 e. The summed E-state index contributed by atoms with van der Waals surface area (Å²) in [5.41, 5.74) is 1.96. The van der Waals surface area contributed by atoms with Crippen molar-refractivity contribution in [3.63, 3.8) is 0 Å².